The lowest BCUT2D eigenvalue weighted by atomic mass is 9.93. The first kappa shape index (κ1) is 11.3. The molecule has 1 unspecified atom stereocenters. The number of rotatable bonds is 3. The van der Waals surface area contributed by atoms with Crippen molar-refractivity contribution >= 4 is 10.4 Å². The molecule has 0 saturated heterocycles. The minimum atomic E-state index is -0.0469. The van der Waals surface area contributed by atoms with Gasteiger partial charge >= 0.3 is 0 Å². The highest BCUT2D eigenvalue weighted by Gasteiger charge is 2.20. The molecule has 2 heteroatoms. The van der Waals surface area contributed by atoms with Crippen molar-refractivity contribution in [2.24, 2.45) is 0 Å². The fraction of sp³-hybridized carbons (Fsp3) is 0.500. The van der Waals surface area contributed by atoms with E-state index in [9.17, 15) is 0 Å². The summed E-state index contributed by atoms with van der Waals surface area (Å²) in [6.07, 6.45) is 13.0. The highest BCUT2D eigenvalue weighted by Crippen LogP contribution is 2.15. The average molecular weight is 205 g/mol. The predicted octanol–water partition coefficient (Wildman–Crippen LogP) is 1.30. The molecular weight excluding hydrogens is 186 g/mol. The van der Waals surface area contributed by atoms with Crippen molar-refractivity contribution in [1.29, 1.82) is 0 Å². The maximum absolute atomic E-state index is 3.42. The van der Waals surface area contributed by atoms with Crippen LogP contribution in [0.4, 0.5) is 0 Å². The van der Waals surface area contributed by atoms with Crippen molar-refractivity contribution in [3.63, 3.8) is 0 Å². The van der Waals surface area contributed by atoms with E-state index in [2.05, 4.69) is 48.1 Å². The van der Waals surface area contributed by atoms with Crippen LogP contribution in [0.25, 0.3) is 0 Å². The Kier molecular flexibility index (Phi) is 4.71. The summed E-state index contributed by atoms with van der Waals surface area (Å²) in [4.78, 5) is 3.42. The largest absolute Gasteiger partial charge is 0.327 e. The highest BCUT2D eigenvalue weighted by molar-refractivity contribution is 6.05. The van der Waals surface area contributed by atoms with Crippen LogP contribution in [-0.4, -0.2) is 15.9 Å². The Morgan fingerprint density at radius 2 is 2.36 bits per heavy atom. The Balaban J connectivity index is 2.56. The van der Waals surface area contributed by atoms with Gasteiger partial charge in [0.1, 0.15) is 0 Å². The Morgan fingerprint density at radius 3 is 2.93 bits per heavy atom. The number of nitrogens with one attached hydrogen (secondary N) is 1. The molecule has 1 atom stereocenters. The Hall–Kier alpha value is -0.783. The quantitative estimate of drug-likeness (QED) is 0.416. The lowest BCUT2D eigenvalue weighted by Gasteiger charge is -2.24. The van der Waals surface area contributed by atoms with E-state index in [4.69, 9.17) is 0 Å². The predicted molar refractivity (Wildman–Crippen MR) is 66.0 cm³/mol. The average Bonchev–Trinajstić information content (AvgIpc) is 2.26. The number of unbranched alkanes of at least 4 members (excludes halogenated alkanes) is 2. The van der Waals surface area contributed by atoms with Gasteiger partial charge in [-0.1, -0.05) is 43.6 Å². The van der Waals surface area contributed by atoms with Crippen molar-refractivity contribution < 1.29 is 0 Å². The van der Waals surface area contributed by atoms with Gasteiger partial charge in [0.25, 0.3) is 0 Å². The minimum absolute atomic E-state index is 0.0469. The molecule has 0 aliphatic heterocycles. The van der Waals surface area contributed by atoms with Gasteiger partial charge in [-0.05, 0) is 12.8 Å². The van der Waals surface area contributed by atoms with Gasteiger partial charge in [-0.15, -0.1) is 5.92 Å². The van der Waals surface area contributed by atoms with E-state index >= 15 is 0 Å². The van der Waals surface area contributed by atoms with E-state index in [1.54, 1.807) is 0 Å². The van der Waals surface area contributed by atoms with Gasteiger partial charge in [0.2, 0.25) is 0 Å². The zero-order valence-electron chi connectivity index (χ0n) is 9.14. The Bertz CT molecular complexity index is 282. The topological polar surface area (TPSA) is 12.0 Å². The molecule has 0 aromatic carbocycles. The summed E-state index contributed by atoms with van der Waals surface area (Å²) in [7, 11) is 0.985. The van der Waals surface area contributed by atoms with E-state index in [0.29, 0.717) is 0 Å². The third-order valence-electron chi connectivity index (χ3n) is 2.48. The third kappa shape index (κ3) is 3.17. The molecule has 0 bridgehead atoms. The maximum Gasteiger partial charge on any atom is 0.0959 e. The van der Waals surface area contributed by atoms with Crippen LogP contribution in [0.2, 0.25) is 0 Å². The molecule has 0 fully saturated rings. The van der Waals surface area contributed by atoms with Gasteiger partial charge in [0, 0.05) is 6.42 Å². The zero-order chi connectivity index (χ0) is 10.3. The SMILES string of the molecule is CCCCC#CC1(N[SiH3])C=CC=CC1. The summed E-state index contributed by atoms with van der Waals surface area (Å²) >= 11 is 0. The molecule has 0 saturated carbocycles. The minimum Gasteiger partial charge on any atom is -0.327 e. The summed E-state index contributed by atoms with van der Waals surface area (Å²) in [5.74, 6) is 6.63. The standard InChI is InChI=1S/C12H19NSi/c1-2-3-4-6-9-12(13-14)10-7-5-8-11-12/h5,7-8,10,13H,2-4,11H2,1,14H3. The van der Waals surface area contributed by atoms with Crippen LogP contribution in [0.3, 0.4) is 0 Å². The molecule has 0 heterocycles. The van der Waals surface area contributed by atoms with Crippen LogP contribution in [-0.2, 0) is 0 Å². The molecule has 0 radical (unpaired) electrons. The summed E-state index contributed by atoms with van der Waals surface area (Å²) in [5, 5.41) is 0. The van der Waals surface area contributed by atoms with Crippen LogP contribution in [0, 0.1) is 11.8 Å². The van der Waals surface area contributed by atoms with Gasteiger partial charge < -0.3 is 4.98 Å². The number of hydrogen-bond acceptors (Lipinski definition) is 1. The lowest BCUT2D eigenvalue weighted by molar-refractivity contribution is 0.625. The Labute approximate surface area is 90.2 Å². The first-order valence-corrected chi connectivity index (χ1v) is 6.36. The molecule has 1 rings (SSSR count). The van der Waals surface area contributed by atoms with E-state index in [1.807, 2.05) is 0 Å². The summed E-state index contributed by atoms with van der Waals surface area (Å²) < 4.78 is 0. The number of hydrogen-bond donors (Lipinski definition) is 1. The molecule has 1 N–H and O–H groups in total. The van der Waals surface area contributed by atoms with Gasteiger partial charge in [-0.3, -0.25) is 0 Å². The van der Waals surface area contributed by atoms with E-state index in [0.717, 1.165) is 23.2 Å². The second-order valence-electron chi connectivity index (χ2n) is 3.62. The second-order valence-corrected chi connectivity index (χ2v) is 4.12. The van der Waals surface area contributed by atoms with Crippen LogP contribution in [0.5, 0.6) is 0 Å². The van der Waals surface area contributed by atoms with E-state index in [1.165, 1.54) is 12.8 Å². The molecular formula is C12H19NSi. The van der Waals surface area contributed by atoms with Crippen LogP contribution in [0.1, 0.15) is 32.6 Å². The van der Waals surface area contributed by atoms with Crippen LogP contribution < -0.4 is 4.98 Å². The van der Waals surface area contributed by atoms with Crippen LogP contribution >= 0.6 is 0 Å². The summed E-state index contributed by atoms with van der Waals surface area (Å²) in [5.41, 5.74) is -0.0469. The van der Waals surface area contributed by atoms with E-state index < -0.39 is 0 Å². The summed E-state index contributed by atoms with van der Waals surface area (Å²) in [6.45, 7) is 2.20. The zero-order valence-corrected chi connectivity index (χ0v) is 11.1. The summed E-state index contributed by atoms with van der Waals surface area (Å²) in [6, 6.07) is 0. The molecule has 1 aliphatic rings. The molecule has 0 aromatic heterocycles. The molecule has 0 spiro atoms. The smallest absolute Gasteiger partial charge is 0.0959 e. The van der Waals surface area contributed by atoms with Crippen molar-refractivity contribution in [3.8, 4) is 11.8 Å². The first-order valence-electron chi connectivity index (χ1n) is 5.36. The maximum atomic E-state index is 3.42. The van der Waals surface area contributed by atoms with Crippen molar-refractivity contribution in [1.82, 2.24) is 4.98 Å². The Morgan fingerprint density at radius 1 is 1.50 bits per heavy atom. The van der Waals surface area contributed by atoms with Gasteiger partial charge in [0.05, 0.1) is 15.9 Å². The molecule has 76 valence electrons. The van der Waals surface area contributed by atoms with Gasteiger partial charge in [-0.2, -0.15) is 0 Å². The van der Waals surface area contributed by atoms with E-state index in [-0.39, 0.29) is 5.54 Å². The highest BCUT2D eigenvalue weighted by atomic mass is 28.2. The lowest BCUT2D eigenvalue weighted by Crippen LogP contribution is -2.40. The molecule has 0 aromatic rings. The fourth-order valence-corrected chi connectivity index (χ4v) is 1.94. The number of allylic oxidation sites excluding steroid dienone is 2. The molecule has 0 amide bonds. The van der Waals surface area contributed by atoms with Crippen molar-refractivity contribution in [2.75, 3.05) is 0 Å². The van der Waals surface area contributed by atoms with Gasteiger partial charge in [-0.25, -0.2) is 0 Å². The second kappa shape index (κ2) is 5.84. The van der Waals surface area contributed by atoms with Crippen molar-refractivity contribution in [3.05, 3.63) is 24.3 Å². The fourth-order valence-electron chi connectivity index (χ4n) is 1.45. The molecule has 14 heavy (non-hydrogen) atoms. The molecule has 1 aliphatic carbocycles. The first-order chi connectivity index (χ1) is 6.83. The van der Waals surface area contributed by atoms with Gasteiger partial charge in [0.15, 0.2) is 0 Å². The van der Waals surface area contributed by atoms with Crippen molar-refractivity contribution in [2.45, 2.75) is 38.1 Å². The monoisotopic (exact) mass is 205 g/mol. The molecule has 1 nitrogen and oxygen atoms in total. The third-order valence-corrected chi connectivity index (χ3v) is 3.37. The van der Waals surface area contributed by atoms with Crippen LogP contribution in [0.15, 0.2) is 24.3 Å². The normalized spacial score (nSPS) is 24.6.